The first-order valence-corrected chi connectivity index (χ1v) is 4.73. The third-order valence-electron chi connectivity index (χ3n) is 2.61. The van der Waals surface area contributed by atoms with Crippen LogP contribution in [0.15, 0.2) is 35.1 Å². The van der Waals surface area contributed by atoms with Crippen molar-refractivity contribution in [2.75, 3.05) is 0 Å². The topological polar surface area (TPSA) is 50.2 Å². The number of H-pyrrole nitrogens is 1. The third-order valence-corrected chi connectivity index (χ3v) is 2.61. The summed E-state index contributed by atoms with van der Waals surface area (Å²) in [6.45, 7) is 2.02. The van der Waals surface area contributed by atoms with Crippen LogP contribution in [0.5, 0.6) is 0 Å². The van der Waals surface area contributed by atoms with Gasteiger partial charge in [-0.3, -0.25) is 0 Å². The molecule has 1 aromatic carbocycles. The summed E-state index contributed by atoms with van der Waals surface area (Å²) in [7, 11) is 0. The number of aromatic nitrogens is 3. The second kappa shape index (κ2) is 2.70. The van der Waals surface area contributed by atoms with E-state index in [1.165, 1.54) is 0 Å². The fourth-order valence-corrected chi connectivity index (χ4v) is 1.91. The number of hydrogen-bond acceptors (Lipinski definition) is 2. The fraction of sp³-hybridized carbons (Fsp3) is 0.0909. The van der Waals surface area contributed by atoms with Crippen LogP contribution in [0, 0.1) is 6.92 Å². The van der Waals surface area contributed by atoms with Gasteiger partial charge in [0.1, 0.15) is 0 Å². The van der Waals surface area contributed by atoms with Crippen LogP contribution in [0.3, 0.4) is 0 Å². The van der Waals surface area contributed by atoms with Crippen molar-refractivity contribution in [3.63, 3.8) is 0 Å². The Kier molecular flexibility index (Phi) is 1.48. The van der Waals surface area contributed by atoms with Gasteiger partial charge in [-0.1, -0.05) is 18.2 Å². The van der Waals surface area contributed by atoms with E-state index in [2.05, 4.69) is 10.2 Å². The molecule has 0 spiro atoms. The lowest BCUT2D eigenvalue weighted by atomic mass is 10.1. The van der Waals surface area contributed by atoms with Gasteiger partial charge >= 0.3 is 5.69 Å². The molecular weight excluding hydrogens is 190 g/mol. The van der Waals surface area contributed by atoms with E-state index in [1.54, 1.807) is 4.40 Å². The van der Waals surface area contributed by atoms with Crippen molar-refractivity contribution in [3.05, 3.63) is 46.4 Å². The Bertz CT molecular complexity index is 708. The van der Waals surface area contributed by atoms with Gasteiger partial charge in [0.25, 0.3) is 0 Å². The maximum Gasteiger partial charge on any atom is 0.348 e. The maximum atomic E-state index is 11.5. The molecule has 0 radical (unpaired) electrons. The average Bonchev–Trinajstić information content (AvgIpc) is 2.61. The molecule has 2 aromatic heterocycles. The SMILES string of the molecule is Cc1cc2n[nH]c(=O)n2c2ccccc12. The van der Waals surface area contributed by atoms with E-state index < -0.39 is 0 Å². The molecule has 0 aliphatic heterocycles. The van der Waals surface area contributed by atoms with E-state index in [0.717, 1.165) is 16.5 Å². The van der Waals surface area contributed by atoms with Crippen molar-refractivity contribution in [1.82, 2.24) is 14.6 Å². The molecule has 0 atom stereocenters. The van der Waals surface area contributed by atoms with E-state index in [0.29, 0.717) is 5.65 Å². The summed E-state index contributed by atoms with van der Waals surface area (Å²) in [5.41, 5.74) is 2.49. The van der Waals surface area contributed by atoms with E-state index in [1.807, 2.05) is 37.3 Å². The highest BCUT2D eigenvalue weighted by atomic mass is 16.1. The monoisotopic (exact) mass is 199 g/mol. The first-order chi connectivity index (χ1) is 7.27. The second-order valence-electron chi connectivity index (χ2n) is 3.57. The molecule has 0 bridgehead atoms. The van der Waals surface area contributed by atoms with Crippen LogP contribution >= 0.6 is 0 Å². The number of para-hydroxylation sites is 1. The molecule has 4 nitrogen and oxygen atoms in total. The summed E-state index contributed by atoms with van der Waals surface area (Å²) in [6.07, 6.45) is 0. The van der Waals surface area contributed by atoms with Gasteiger partial charge in [-0.05, 0) is 24.6 Å². The molecule has 2 heterocycles. The lowest BCUT2D eigenvalue weighted by Gasteiger charge is -2.03. The molecule has 0 unspecified atom stereocenters. The highest BCUT2D eigenvalue weighted by molar-refractivity contribution is 5.85. The molecule has 3 aromatic rings. The highest BCUT2D eigenvalue weighted by Crippen LogP contribution is 2.18. The molecule has 0 saturated heterocycles. The van der Waals surface area contributed by atoms with Crippen molar-refractivity contribution in [2.24, 2.45) is 0 Å². The van der Waals surface area contributed by atoms with E-state index in [4.69, 9.17) is 0 Å². The molecule has 0 aliphatic carbocycles. The number of nitrogens with zero attached hydrogens (tertiary/aromatic N) is 2. The molecule has 4 heteroatoms. The van der Waals surface area contributed by atoms with Crippen LogP contribution in [0.1, 0.15) is 5.56 Å². The van der Waals surface area contributed by atoms with Crippen LogP contribution in [-0.2, 0) is 0 Å². The third kappa shape index (κ3) is 1.01. The van der Waals surface area contributed by atoms with Crippen LogP contribution in [0.25, 0.3) is 16.6 Å². The van der Waals surface area contributed by atoms with Gasteiger partial charge in [0.05, 0.1) is 5.52 Å². The fourth-order valence-electron chi connectivity index (χ4n) is 1.91. The minimum Gasteiger partial charge on any atom is -0.246 e. The van der Waals surface area contributed by atoms with Gasteiger partial charge in [0.2, 0.25) is 0 Å². The Balaban J connectivity index is 2.74. The number of hydrogen-bond donors (Lipinski definition) is 1. The van der Waals surface area contributed by atoms with Crippen molar-refractivity contribution < 1.29 is 0 Å². The molecule has 1 N–H and O–H groups in total. The van der Waals surface area contributed by atoms with Crippen molar-refractivity contribution in [1.29, 1.82) is 0 Å². The van der Waals surface area contributed by atoms with Crippen LogP contribution in [0.2, 0.25) is 0 Å². The minimum absolute atomic E-state index is 0.193. The summed E-state index contributed by atoms with van der Waals surface area (Å²) >= 11 is 0. The Labute approximate surface area is 85.2 Å². The Hall–Kier alpha value is -2.10. The van der Waals surface area contributed by atoms with E-state index in [-0.39, 0.29) is 5.69 Å². The summed E-state index contributed by atoms with van der Waals surface area (Å²) in [5, 5.41) is 7.49. The molecule has 3 rings (SSSR count). The van der Waals surface area contributed by atoms with Crippen LogP contribution < -0.4 is 5.69 Å². The van der Waals surface area contributed by atoms with Gasteiger partial charge in [0.15, 0.2) is 5.65 Å². The zero-order chi connectivity index (χ0) is 10.4. The summed E-state index contributed by atoms with van der Waals surface area (Å²) in [6, 6.07) is 9.71. The predicted octanol–water partition coefficient (Wildman–Crippen LogP) is 1.48. The largest absolute Gasteiger partial charge is 0.348 e. The van der Waals surface area contributed by atoms with Gasteiger partial charge < -0.3 is 0 Å². The summed E-state index contributed by atoms with van der Waals surface area (Å²) in [5.74, 6) is 0. The normalized spacial score (nSPS) is 11.3. The average molecular weight is 199 g/mol. The molecule has 0 aliphatic rings. The van der Waals surface area contributed by atoms with Gasteiger partial charge in [-0.15, -0.1) is 0 Å². The number of fused-ring (bicyclic) bond motifs is 3. The van der Waals surface area contributed by atoms with Crippen LogP contribution in [0.4, 0.5) is 0 Å². The number of aryl methyl sites for hydroxylation is 1. The second-order valence-corrected chi connectivity index (χ2v) is 3.57. The summed E-state index contributed by atoms with van der Waals surface area (Å²) in [4.78, 5) is 11.5. The van der Waals surface area contributed by atoms with Crippen LogP contribution in [-0.4, -0.2) is 14.6 Å². The molecular formula is C11H9N3O. The van der Waals surface area contributed by atoms with Gasteiger partial charge in [0, 0.05) is 5.39 Å². The standard InChI is InChI=1S/C11H9N3O/c1-7-6-10-12-13-11(15)14(10)9-5-3-2-4-8(7)9/h2-6H,1H3,(H,13,15). The molecule has 74 valence electrons. The number of aromatic amines is 1. The number of nitrogens with one attached hydrogen (secondary N) is 1. The lowest BCUT2D eigenvalue weighted by molar-refractivity contribution is 1.04. The lowest BCUT2D eigenvalue weighted by Crippen LogP contribution is -2.10. The van der Waals surface area contributed by atoms with Crippen molar-refractivity contribution in [3.8, 4) is 0 Å². The zero-order valence-electron chi connectivity index (χ0n) is 8.19. The molecule has 0 saturated carbocycles. The minimum atomic E-state index is -0.193. The van der Waals surface area contributed by atoms with Crippen molar-refractivity contribution >= 4 is 16.6 Å². The Morgan fingerprint density at radius 1 is 1.33 bits per heavy atom. The van der Waals surface area contributed by atoms with E-state index >= 15 is 0 Å². The Morgan fingerprint density at radius 2 is 2.13 bits per heavy atom. The predicted molar refractivity (Wildman–Crippen MR) is 58.1 cm³/mol. The van der Waals surface area contributed by atoms with Crippen molar-refractivity contribution in [2.45, 2.75) is 6.92 Å². The molecule has 0 fully saturated rings. The van der Waals surface area contributed by atoms with Gasteiger partial charge in [-0.2, -0.15) is 5.10 Å². The first-order valence-electron chi connectivity index (χ1n) is 4.73. The first kappa shape index (κ1) is 8.23. The quantitative estimate of drug-likeness (QED) is 0.596. The van der Waals surface area contributed by atoms with Gasteiger partial charge in [-0.25, -0.2) is 14.3 Å². The highest BCUT2D eigenvalue weighted by Gasteiger charge is 2.06. The molecule has 0 amide bonds. The Morgan fingerprint density at radius 3 is 3.00 bits per heavy atom. The smallest absolute Gasteiger partial charge is 0.246 e. The van der Waals surface area contributed by atoms with E-state index in [9.17, 15) is 4.79 Å². The number of benzene rings is 1. The zero-order valence-corrected chi connectivity index (χ0v) is 8.19. The number of rotatable bonds is 0. The number of pyridine rings is 1. The maximum absolute atomic E-state index is 11.5. The molecule has 15 heavy (non-hydrogen) atoms. The summed E-state index contributed by atoms with van der Waals surface area (Å²) < 4.78 is 1.59.